The van der Waals surface area contributed by atoms with E-state index in [1.54, 1.807) is 0 Å². The van der Waals surface area contributed by atoms with E-state index in [0.29, 0.717) is 22.4 Å². The molecular formula is C24H25F2N7O. The maximum Gasteiger partial charge on any atom is 0.266 e. The quantitative estimate of drug-likeness (QED) is 0.556. The van der Waals surface area contributed by atoms with Crippen molar-refractivity contribution in [3.8, 4) is 11.4 Å². The summed E-state index contributed by atoms with van der Waals surface area (Å²) in [5.74, 6) is 0.557. The summed E-state index contributed by atoms with van der Waals surface area (Å²) in [5, 5.41) is 0.583. The molecule has 8 nitrogen and oxygen atoms in total. The van der Waals surface area contributed by atoms with Gasteiger partial charge in [-0.1, -0.05) is 12.7 Å². The van der Waals surface area contributed by atoms with Crippen molar-refractivity contribution in [3.63, 3.8) is 0 Å². The molecule has 1 aliphatic heterocycles. The fourth-order valence-corrected chi connectivity index (χ4v) is 5.05. The molecule has 4 heterocycles. The number of H-pyrrole nitrogens is 1. The van der Waals surface area contributed by atoms with Crippen LogP contribution in [0.5, 0.6) is 0 Å². The molecule has 5 rings (SSSR count). The number of aromatic amines is 1. The van der Waals surface area contributed by atoms with E-state index in [1.807, 2.05) is 4.90 Å². The topological polar surface area (TPSA) is 114 Å². The first-order valence-electron chi connectivity index (χ1n) is 11.2. The Morgan fingerprint density at radius 1 is 1.18 bits per heavy atom. The highest BCUT2D eigenvalue weighted by Crippen LogP contribution is 2.47. The molecule has 0 saturated carbocycles. The lowest BCUT2D eigenvalue weighted by molar-refractivity contribution is -0.128. The van der Waals surface area contributed by atoms with Crippen LogP contribution in [0.3, 0.4) is 0 Å². The monoisotopic (exact) mass is 465 g/mol. The predicted molar refractivity (Wildman–Crippen MR) is 125 cm³/mol. The summed E-state index contributed by atoms with van der Waals surface area (Å²) in [4.78, 5) is 34.0. The van der Waals surface area contributed by atoms with E-state index < -0.39 is 6.43 Å². The van der Waals surface area contributed by atoms with Crippen LogP contribution in [-0.4, -0.2) is 48.8 Å². The molecule has 34 heavy (non-hydrogen) atoms. The van der Waals surface area contributed by atoms with E-state index >= 15 is 0 Å². The zero-order chi connectivity index (χ0) is 23.9. The Morgan fingerprint density at radius 2 is 1.91 bits per heavy atom. The maximum absolute atomic E-state index is 13.0. The minimum Gasteiger partial charge on any atom is -0.383 e. The molecule has 0 aromatic carbocycles. The zero-order valence-corrected chi connectivity index (χ0v) is 18.6. The number of alkyl halides is 2. The third-order valence-corrected chi connectivity index (χ3v) is 7.11. The van der Waals surface area contributed by atoms with Gasteiger partial charge in [0.1, 0.15) is 17.8 Å². The van der Waals surface area contributed by atoms with Gasteiger partial charge in [0.05, 0.1) is 22.2 Å². The molecule has 0 unspecified atom stereocenters. The smallest absolute Gasteiger partial charge is 0.266 e. The minimum absolute atomic E-state index is 0.0128. The SMILES string of the molecule is C=CC(=O)N1CCC2(CC=C(c3[nH]c4ncnc(N)c4c3-c3ncc(C(F)F)cn3)CC2)CC1. The molecule has 0 radical (unpaired) electrons. The molecule has 0 atom stereocenters. The molecule has 3 aromatic heterocycles. The van der Waals surface area contributed by atoms with E-state index in [1.165, 1.54) is 12.4 Å². The molecule has 176 valence electrons. The molecular weight excluding hydrogens is 440 g/mol. The summed E-state index contributed by atoms with van der Waals surface area (Å²) in [6.07, 6.45) is 9.20. The highest BCUT2D eigenvalue weighted by Gasteiger charge is 2.37. The number of rotatable bonds is 4. The van der Waals surface area contributed by atoms with Crippen molar-refractivity contribution in [2.75, 3.05) is 18.8 Å². The summed E-state index contributed by atoms with van der Waals surface area (Å²) in [5.41, 5.74) is 9.16. The van der Waals surface area contributed by atoms with Gasteiger partial charge in [0.2, 0.25) is 5.91 Å². The molecule has 1 amide bonds. The van der Waals surface area contributed by atoms with Crippen molar-refractivity contribution in [2.45, 2.75) is 38.5 Å². The lowest BCUT2D eigenvalue weighted by Crippen LogP contribution is -2.43. The van der Waals surface area contributed by atoms with Crippen molar-refractivity contribution >= 4 is 28.3 Å². The van der Waals surface area contributed by atoms with Crippen molar-refractivity contribution in [3.05, 3.63) is 48.7 Å². The van der Waals surface area contributed by atoms with Gasteiger partial charge in [-0.3, -0.25) is 4.79 Å². The number of nitrogens with two attached hydrogens (primary N) is 1. The van der Waals surface area contributed by atoms with E-state index in [9.17, 15) is 13.6 Å². The molecule has 1 aliphatic carbocycles. The van der Waals surface area contributed by atoms with Crippen LogP contribution in [0.2, 0.25) is 0 Å². The fourth-order valence-electron chi connectivity index (χ4n) is 5.05. The molecule has 0 bridgehead atoms. The number of fused-ring (bicyclic) bond motifs is 1. The highest BCUT2D eigenvalue weighted by molar-refractivity contribution is 6.04. The van der Waals surface area contributed by atoms with Gasteiger partial charge in [0.25, 0.3) is 6.43 Å². The second-order valence-corrected chi connectivity index (χ2v) is 8.96. The van der Waals surface area contributed by atoms with Gasteiger partial charge in [-0.2, -0.15) is 0 Å². The largest absolute Gasteiger partial charge is 0.383 e. The van der Waals surface area contributed by atoms with Gasteiger partial charge < -0.3 is 15.6 Å². The van der Waals surface area contributed by atoms with Crippen molar-refractivity contribution in [1.29, 1.82) is 0 Å². The van der Waals surface area contributed by atoms with Crippen LogP contribution in [0.1, 0.15) is 49.8 Å². The zero-order valence-electron chi connectivity index (χ0n) is 18.6. The Kier molecular flexibility index (Phi) is 5.59. The van der Waals surface area contributed by atoms with Gasteiger partial charge in [0.15, 0.2) is 5.82 Å². The first kappa shape index (κ1) is 22.1. The Hall–Kier alpha value is -3.69. The number of allylic oxidation sites excluding steroid dienone is 2. The number of nitrogen functional groups attached to an aromatic ring is 1. The van der Waals surface area contributed by atoms with Gasteiger partial charge >= 0.3 is 0 Å². The average molecular weight is 466 g/mol. The highest BCUT2D eigenvalue weighted by atomic mass is 19.3. The first-order chi connectivity index (χ1) is 16.4. The second-order valence-electron chi connectivity index (χ2n) is 8.96. The first-order valence-corrected chi connectivity index (χ1v) is 11.2. The summed E-state index contributed by atoms with van der Waals surface area (Å²) in [6.45, 7) is 5.06. The fraction of sp³-hybridized carbons (Fsp3) is 0.375. The van der Waals surface area contributed by atoms with Gasteiger partial charge in [0, 0.05) is 25.5 Å². The van der Waals surface area contributed by atoms with Crippen LogP contribution >= 0.6 is 0 Å². The molecule has 1 fully saturated rings. The van der Waals surface area contributed by atoms with Crippen molar-refractivity contribution < 1.29 is 13.6 Å². The van der Waals surface area contributed by atoms with E-state index in [-0.39, 0.29) is 22.7 Å². The molecule has 2 aliphatic rings. The number of nitrogens with zero attached hydrogens (tertiary/aromatic N) is 5. The van der Waals surface area contributed by atoms with Gasteiger partial charge in [-0.15, -0.1) is 0 Å². The van der Waals surface area contributed by atoms with E-state index in [4.69, 9.17) is 5.73 Å². The Labute approximate surface area is 195 Å². The summed E-state index contributed by atoms with van der Waals surface area (Å²) >= 11 is 0. The van der Waals surface area contributed by atoms with Crippen LogP contribution in [0, 0.1) is 5.41 Å². The number of hydrogen-bond acceptors (Lipinski definition) is 6. The summed E-state index contributed by atoms with van der Waals surface area (Å²) < 4.78 is 26.1. The molecule has 1 spiro atoms. The van der Waals surface area contributed by atoms with E-state index in [2.05, 4.69) is 37.6 Å². The Bertz CT molecular complexity index is 1270. The van der Waals surface area contributed by atoms with Gasteiger partial charge in [-0.05, 0) is 49.2 Å². The lowest BCUT2D eigenvalue weighted by Gasteiger charge is -2.43. The summed E-state index contributed by atoms with van der Waals surface area (Å²) in [7, 11) is 0. The van der Waals surface area contributed by atoms with Gasteiger partial charge in [-0.25, -0.2) is 28.7 Å². The van der Waals surface area contributed by atoms with Crippen LogP contribution < -0.4 is 5.73 Å². The minimum atomic E-state index is -2.64. The van der Waals surface area contributed by atoms with Crippen molar-refractivity contribution in [1.82, 2.24) is 29.8 Å². The Balaban J connectivity index is 1.49. The third-order valence-electron chi connectivity index (χ3n) is 7.11. The number of hydrogen-bond donors (Lipinski definition) is 2. The van der Waals surface area contributed by atoms with Crippen LogP contribution in [0.4, 0.5) is 14.6 Å². The standard InChI is InChI=1S/C24H25F2N7O/c1-2-16(34)33-9-7-24(8-10-33)5-3-14(4-6-24)19-17(18-21(27)30-13-31-23(18)32-19)22-28-11-15(12-29-22)20(25)26/h2-3,11-13,20H,1,4-10H2,(H3,27,30,31,32). The predicted octanol–water partition coefficient (Wildman–Crippen LogP) is 4.30. The lowest BCUT2D eigenvalue weighted by atomic mass is 9.68. The number of anilines is 1. The average Bonchev–Trinajstić information content (AvgIpc) is 3.25. The van der Waals surface area contributed by atoms with Crippen LogP contribution in [0.15, 0.2) is 37.5 Å². The number of amides is 1. The number of piperidine rings is 1. The van der Waals surface area contributed by atoms with E-state index in [0.717, 1.165) is 68.9 Å². The van der Waals surface area contributed by atoms with Crippen LogP contribution in [-0.2, 0) is 4.79 Å². The number of carbonyl (C=O) groups excluding carboxylic acids is 1. The van der Waals surface area contributed by atoms with Crippen LogP contribution in [0.25, 0.3) is 28.0 Å². The number of aromatic nitrogens is 5. The molecule has 3 aromatic rings. The number of nitrogens with one attached hydrogen (secondary N) is 1. The maximum atomic E-state index is 13.0. The normalized spacial score (nSPS) is 17.9. The number of carbonyl (C=O) groups is 1. The number of likely N-dealkylation sites (tertiary alicyclic amines) is 1. The van der Waals surface area contributed by atoms with Crippen molar-refractivity contribution in [2.24, 2.45) is 5.41 Å². The third kappa shape index (κ3) is 3.82. The Morgan fingerprint density at radius 3 is 2.53 bits per heavy atom. The molecule has 3 N–H and O–H groups in total. The second kappa shape index (κ2) is 8.58. The molecule has 10 heteroatoms. The number of halogens is 2. The molecule has 1 saturated heterocycles. The summed E-state index contributed by atoms with van der Waals surface area (Å²) in [6, 6.07) is 0.